The zero-order valence-electron chi connectivity index (χ0n) is 16.5. The first-order chi connectivity index (χ1) is 14.2. The Balaban J connectivity index is 1.87. The van der Waals surface area contributed by atoms with E-state index in [0.717, 1.165) is 11.3 Å². The monoisotopic (exact) mass is 431 g/mol. The average molecular weight is 431 g/mol. The van der Waals surface area contributed by atoms with E-state index in [4.69, 9.17) is 5.11 Å². The molecular weight excluding hydrogens is 409 g/mol. The number of aromatic nitrogens is 2. The molecule has 1 amide bonds. The molecule has 1 aromatic carbocycles. The molecule has 30 heavy (non-hydrogen) atoms. The van der Waals surface area contributed by atoms with Crippen molar-refractivity contribution in [1.82, 2.24) is 9.55 Å². The van der Waals surface area contributed by atoms with Crippen LogP contribution in [-0.2, 0) is 17.8 Å². The molecule has 0 saturated carbocycles. The molecule has 0 bridgehead atoms. The van der Waals surface area contributed by atoms with Gasteiger partial charge in [-0.3, -0.25) is 14.9 Å². The minimum atomic E-state index is -1.01. The van der Waals surface area contributed by atoms with Crippen LogP contribution in [0.25, 0.3) is 0 Å². The van der Waals surface area contributed by atoms with Gasteiger partial charge in [-0.15, -0.1) is 11.3 Å². The quantitative estimate of drug-likeness (QED) is 0.504. The predicted octanol–water partition coefficient (Wildman–Crippen LogP) is 3.70. The Bertz CT molecular complexity index is 1060. The van der Waals surface area contributed by atoms with Gasteiger partial charge in [0, 0.05) is 18.1 Å². The highest BCUT2D eigenvalue weighted by Crippen LogP contribution is 2.25. The summed E-state index contributed by atoms with van der Waals surface area (Å²) >= 11 is 1.13. The van der Waals surface area contributed by atoms with Gasteiger partial charge in [-0.05, 0) is 35.2 Å². The van der Waals surface area contributed by atoms with E-state index in [9.17, 15) is 19.1 Å². The predicted molar refractivity (Wildman–Crippen MR) is 111 cm³/mol. The lowest BCUT2D eigenvalue weighted by molar-refractivity contribution is -0.136. The Morgan fingerprint density at radius 1 is 1.30 bits per heavy atom. The molecule has 9 heteroatoms. The summed E-state index contributed by atoms with van der Waals surface area (Å²) in [6.07, 6.45) is 0.697. The van der Waals surface area contributed by atoms with Gasteiger partial charge in [-0.2, -0.15) is 0 Å². The maximum absolute atomic E-state index is 13.6. The van der Waals surface area contributed by atoms with E-state index in [-0.39, 0.29) is 35.5 Å². The fourth-order valence-corrected chi connectivity index (χ4v) is 3.70. The number of rotatable bonds is 8. The zero-order valence-corrected chi connectivity index (χ0v) is 17.3. The fraction of sp³-hybridized carbons (Fsp3) is 0.286. The number of carbonyl (C=O) groups is 2. The second-order valence-corrected chi connectivity index (χ2v) is 8.13. The summed E-state index contributed by atoms with van der Waals surface area (Å²) in [5.74, 6) is -1.88. The lowest BCUT2D eigenvalue weighted by atomic mass is 10.0. The van der Waals surface area contributed by atoms with Crippen LogP contribution in [0.3, 0.4) is 0 Å². The highest BCUT2D eigenvalue weighted by molar-refractivity contribution is 7.14. The van der Waals surface area contributed by atoms with Crippen molar-refractivity contribution in [2.24, 2.45) is 5.92 Å². The number of carbonyl (C=O) groups excluding carboxylic acids is 1. The molecule has 1 unspecified atom stereocenters. The van der Waals surface area contributed by atoms with E-state index < -0.39 is 18.0 Å². The third-order valence-corrected chi connectivity index (χ3v) is 5.28. The summed E-state index contributed by atoms with van der Waals surface area (Å²) in [6.45, 7) is 3.98. The first kappa shape index (κ1) is 21.7. The van der Waals surface area contributed by atoms with Gasteiger partial charge in [0.2, 0.25) is 0 Å². The Morgan fingerprint density at radius 2 is 2.07 bits per heavy atom. The normalized spacial score (nSPS) is 12.2. The number of aliphatic carboxylic acids is 1. The molecule has 3 aromatic rings. The van der Waals surface area contributed by atoms with E-state index in [1.165, 1.54) is 12.1 Å². The zero-order chi connectivity index (χ0) is 21.8. The molecule has 2 aromatic heterocycles. The number of aliphatic hydroxyl groups is 1. The summed E-state index contributed by atoms with van der Waals surface area (Å²) in [4.78, 5) is 27.8. The van der Waals surface area contributed by atoms with Crippen LogP contribution in [0.5, 0.6) is 0 Å². The molecule has 7 nitrogen and oxygen atoms in total. The van der Waals surface area contributed by atoms with Crippen LogP contribution in [0.1, 0.15) is 47.3 Å². The van der Waals surface area contributed by atoms with Gasteiger partial charge in [0.15, 0.2) is 5.13 Å². The van der Waals surface area contributed by atoms with E-state index in [1.54, 1.807) is 34.3 Å². The molecule has 3 N–H and O–H groups in total. The lowest BCUT2D eigenvalue weighted by Gasteiger charge is -2.12. The van der Waals surface area contributed by atoms with E-state index >= 15 is 0 Å². The van der Waals surface area contributed by atoms with Crippen LogP contribution in [-0.4, -0.2) is 31.6 Å². The van der Waals surface area contributed by atoms with E-state index in [2.05, 4.69) is 10.3 Å². The van der Waals surface area contributed by atoms with E-state index in [0.29, 0.717) is 16.8 Å². The topological polar surface area (TPSA) is 104 Å². The third-order valence-electron chi connectivity index (χ3n) is 4.47. The highest BCUT2D eigenvalue weighted by atomic mass is 32.1. The van der Waals surface area contributed by atoms with Crippen molar-refractivity contribution in [2.75, 3.05) is 5.32 Å². The summed E-state index contributed by atoms with van der Waals surface area (Å²) in [5, 5.41) is 23.8. The van der Waals surface area contributed by atoms with Crippen molar-refractivity contribution in [3.8, 4) is 0 Å². The van der Waals surface area contributed by atoms with Gasteiger partial charge in [0.25, 0.3) is 5.91 Å². The van der Waals surface area contributed by atoms with Crippen LogP contribution < -0.4 is 5.32 Å². The summed E-state index contributed by atoms with van der Waals surface area (Å²) in [7, 11) is 0. The SMILES string of the molecule is CC(C)C(O)c1cc(C(=O)Nc2nc(CC(=O)O)cs2)n(Cc2cccc(F)c2)c1. The van der Waals surface area contributed by atoms with Crippen molar-refractivity contribution in [1.29, 1.82) is 0 Å². The van der Waals surface area contributed by atoms with Gasteiger partial charge in [0.1, 0.15) is 11.5 Å². The molecule has 1 atom stereocenters. The summed E-state index contributed by atoms with van der Waals surface area (Å²) in [5.41, 5.74) is 1.89. The molecule has 3 rings (SSSR count). The summed E-state index contributed by atoms with van der Waals surface area (Å²) < 4.78 is 15.2. The van der Waals surface area contributed by atoms with Gasteiger partial charge in [-0.1, -0.05) is 26.0 Å². The minimum absolute atomic E-state index is 0.0523. The Kier molecular flexibility index (Phi) is 6.63. The molecule has 0 spiro atoms. The van der Waals surface area contributed by atoms with Crippen molar-refractivity contribution in [3.63, 3.8) is 0 Å². The number of anilines is 1. The van der Waals surface area contributed by atoms with Crippen molar-refractivity contribution in [3.05, 3.63) is 70.2 Å². The molecule has 0 aliphatic carbocycles. The molecule has 0 fully saturated rings. The van der Waals surface area contributed by atoms with Crippen LogP contribution >= 0.6 is 11.3 Å². The molecule has 0 radical (unpaired) electrons. The largest absolute Gasteiger partial charge is 0.481 e. The van der Waals surface area contributed by atoms with Gasteiger partial charge in [0.05, 0.1) is 18.2 Å². The molecule has 0 saturated heterocycles. The van der Waals surface area contributed by atoms with Crippen molar-refractivity contribution in [2.45, 2.75) is 32.9 Å². The molecular formula is C21H22FN3O4S. The number of amides is 1. The van der Waals surface area contributed by atoms with Crippen LogP contribution in [0, 0.1) is 11.7 Å². The molecule has 158 valence electrons. The maximum atomic E-state index is 13.6. The average Bonchev–Trinajstić information content (AvgIpc) is 3.27. The van der Waals surface area contributed by atoms with Crippen molar-refractivity contribution < 1.29 is 24.2 Å². The Morgan fingerprint density at radius 3 is 2.73 bits per heavy atom. The van der Waals surface area contributed by atoms with Gasteiger partial charge < -0.3 is 14.8 Å². The van der Waals surface area contributed by atoms with E-state index in [1.807, 2.05) is 13.8 Å². The first-order valence-corrected chi connectivity index (χ1v) is 10.2. The fourth-order valence-electron chi connectivity index (χ4n) is 2.99. The molecule has 0 aliphatic heterocycles. The number of nitrogens with zero attached hydrogens (tertiary/aromatic N) is 2. The third kappa shape index (κ3) is 5.31. The minimum Gasteiger partial charge on any atom is -0.481 e. The smallest absolute Gasteiger partial charge is 0.309 e. The lowest BCUT2D eigenvalue weighted by Crippen LogP contribution is -2.17. The van der Waals surface area contributed by atoms with Crippen molar-refractivity contribution >= 4 is 28.3 Å². The van der Waals surface area contributed by atoms with Crippen LogP contribution in [0.4, 0.5) is 9.52 Å². The first-order valence-electron chi connectivity index (χ1n) is 9.33. The number of hydrogen-bond acceptors (Lipinski definition) is 5. The number of carboxylic acids is 1. The number of halogens is 1. The Hall–Kier alpha value is -3.04. The second kappa shape index (κ2) is 9.19. The van der Waals surface area contributed by atoms with Gasteiger partial charge in [-0.25, -0.2) is 9.37 Å². The number of hydrogen-bond donors (Lipinski definition) is 3. The number of aliphatic hydroxyl groups excluding tert-OH is 1. The van der Waals surface area contributed by atoms with Crippen LogP contribution in [0.15, 0.2) is 41.9 Å². The number of nitrogens with one attached hydrogen (secondary N) is 1. The number of benzene rings is 1. The Labute approximate surface area is 176 Å². The number of carboxylic acid groups (broad SMARTS) is 1. The maximum Gasteiger partial charge on any atom is 0.309 e. The van der Waals surface area contributed by atoms with Crippen LogP contribution in [0.2, 0.25) is 0 Å². The number of thiazole rings is 1. The summed E-state index contributed by atoms with van der Waals surface area (Å²) in [6, 6.07) is 7.68. The van der Waals surface area contributed by atoms with Gasteiger partial charge >= 0.3 is 5.97 Å². The molecule has 0 aliphatic rings. The second-order valence-electron chi connectivity index (χ2n) is 7.27. The highest BCUT2D eigenvalue weighted by Gasteiger charge is 2.21. The molecule has 2 heterocycles. The standard InChI is InChI=1S/C21H22FN3O4S/c1-12(2)19(28)14-7-17(25(10-14)9-13-4-3-5-15(22)6-13)20(29)24-21-23-16(11-30-21)8-18(26)27/h3-7,10-12,19,28H,8-9H2,1-2H3,(H,26,27)(H,23,24,29).